The van der Waals surface area contributed by atoms with Crippen LogP contribution < -0.4 is 5.73 Å². The Labute approximate surface area is 119 Å². The smallest absolute Gasteiger partial charge is 0.367 e. The van der Waals surface area contributed by atoms with E-state index in [-0.39, 0.29) is 0 Å². The Kier molecular flexibility index (Phi) is 13.6. The van der Waals surface area contributed by atoms with Gasteiger partial charge < -0.3 is 30.4 Å². The highest BCUT2D eigenvalue weighted by atomic mass is 31.2. The van der Waals surface area contributed by atoms with Gasteiger partial charge in [0.2, 0.25) is 0 Å². The minimum absolute atomic E-state index is 0.452. The molecule has 0 aromatic heterocycles. The third-order valence-electron chi connectivity index (χ3n) is 1.41. The molecule has 0 spiro atoms. The summed E-state index contributed by atoms with van der Waals surface area (Å²) in [6.07, 6.45) is -0.873. The summed E-state index contributed by atoms with van der Waals surface area (Å²) >= 11 is 0. The Bertz CT molecular complexity index is 381. The van der Waals surface area contributed by atoms with Crippen LogP contribution in [0.5, 0.6) is 0 Å². The van der Waals surface area contributed by atoms with Crippen LogP contribution in [-0.2, 0) is 18.3 Å². The van der Waals surface area contributed by atoms with Gasteiger partial charge in [0, 0.05) is 15.6 Å². The summed E-state index contributed by atoms with van der Waals surface area (Å²) in [5.74, 6) is 0. The van der Waals surface area contributed by atoms with Crippen LogP contribution >= 0.6 is 31.7 Å². The van der Waals surface area contributed by atoms with E-state index in [4.69, 9.17) is 59.1 Å². The topological polar surface area (TPSA) is 276 Å². The maximum Gasteiger partial charge on any atom is 0.692 e. The Morgan fingerprint density at radius 3 is 1.10 bits per heavy atom. The minimum atomic E-state index is -5.31. The maximum absolute atomic E-state index is 10.6. The van der Waals surface area contributed by atoms with Crippen molar-refractivity contribution in [1.82, 2.24) is 0 Å². The molecule has 128 valence electrons. The molecule has 14 nitrogen and oxygen atoms in total. The van der Waals surface area contributed by atoms with Crippen molar-refractivity contribution < 1.29 is 62.5 Å². The lowest BCUT2D eigenvalue weighted by Crippen LogP contribution is -2.31. The zero-order valence-corrected chi connectivity index (χ0v) is 13.5. The summed E-state index contributed by atoms with van der Waals surface area (Å²) in [4.78, 5) is 62.5. The number of hydrogen-bond donors (Lipinski definition) is 10. The lowest BCUT2D eigenvalue weighted by atomic mass is 10.5. The van der Waals surface area contributed by atoms with Gasteiger partial charge in [0.1, 0.15) is 0 Å². The molecule has 0 saturated carbocycles. The van der Waals surface area contributed by atoms with Crippen LogP contribution in [0.4, 0.5) is 0 Å². The van der Waals surface area contributed by atoms with Crippen LogP contribution in [0.1, 0.15) is 6.42 Å². The van der Waals surface area contributed by atoms with Crippen LogP contribution in [0.3, 0.4) is 0 Å². The van der Waals surface area contributed by atoms with Crippen molar-refractivity contribution in [3.05, 3.63) is 0 Å². The van der Waals surface area contributed by atoms with E-state index in [0.717, 1.165) is 0 Å². The van der Waals surface area contributed by atoms with Gasteiger partial charge in [-0.2, -0.15) is 0 Å². The molecule has 0 aliphatic heterocycles. The second kappa shape index (κ2) is 10.9. The molecule has 0 amide bonds. The monoisotopic (exact) mass is 397 g/mol. The molecule has 18 heteroatoms. The van der Waals surface area contributed by atoms with Crippen molar-refractivity contribution in [3.63, 3.8) is 0 Å². The fourth-order valence-corrected chi connectivity index (χ4v) is 2.85. The maximum atomic E-state index is 10.6. The van der Waals surface area contributed by atoms with Gasteiger partial charge in [-0.3, -0.25) is 9.13 Å². The third-order valence-corrected chi connectivity index (χ3v) is 5.29. The summed E-state index contributed by atoms with van der Waals surface area (Å²) in [6.45, 7) is -0.452. The molecule has 0 unspecified atom stereocenters. The van der Waals surface area contributed by atoms with Crippen molar-refractivity contribution in [2.24, 2.45) is 5.73 Å². The van der Waals surface area contributed by atoms with Crippen LogP contribution in [0, 0.1) is 0 Å². The number of hydrogen-bond acceptors (Lipinski definition) is 6. The number of aliphatic hydroxyl groups is 1. The number of nitrogens with two attached hydrogens (primary N) is 1. The molecule has 0 bridgehead atoms. The fraction of sp³-hybridized carbons (Fsp3) is 1.00. The molecular weight excluding hydrogens is 382 g/mol. The zero-order valence-electron chi connectivity index (χ0n) is 9.94. The van der Waals surface area contributed by atoms with Crippen LogP contribution in [0.2, 0.25) is 0 Å². The predicted octanol–water partition coefficient (Wildman–Crippen LogP) is -2.41. The van der Waals surface area contributed by atoms with Crippen molar-refractivity contribution >= 4 is 31.7 Å². The Morgan fingerprint density at radius 1 is 0.857 bits per heavy atom. The lowest BCUT2D eigenvalue weighted by molar-refractivity contribution is 0.125. The molecule has 0 heterocycles. The second-order valence-electron chi connectivity index (χ2n) is 2.91. The zero-order chi connectivity index (χ0) is 18.1. The van der Waals surface area contributed by atoms with Gasteiger partial charge in [-0.25, -0.2) is 0 Å². The number of rotatable bonds is 4. The Hall–Kier alpha value is 0.260. The SMILES string of the molecule is NCCC(O)(P(=O)(O)O)P(=O)(O)O.O=[P+](O)O.O=[P+](O)O. The highest BCUT2D eigenvalue weighted by molar-refractivity contribution is 7.72. The van der Waals surface area contributed by atoms with Crippen LogP contribution in [0.25, 0.3) is 0 Å². The molecule has 21 heavy (non-hydrogen) atoms. The summed E-state index contributed by atoms with van der Waals surface area (Å²) < 4.78 is 38.6. The van der Waals surface area contributed by atoms with Gasteiger partial charge in [-0.05, 0) is 6.54 Å². The first-order valence-corrected chi connectivity index (χ1v) is 9.82. The first kappa shape index (κ1) is 26.2. The van der Waals surface area contributed by atoms with Gasteiger partial charge in [0.15, 0.2) is 0 Å². The van der Waals surface area contributed by atoms with Crippen LogP contribution in [-0.4, -0.2) is 55.9 Å². The molecule has 0 fully saturated rings. The van der Waals surface area contributed by atoms with Crippen molar-refractivity contribution in [3.8, 4) is 0 Å². The lowest BCUT2D eigenvalue weighted by Gasteiger charge is -2.28. The molecule has 0 rings (SSSR count). The summed E-state index contributed by atoms with van der Waals surface area (Å²) in [7, 11) is -16.4. The standard InChI is InChI=1S/C3H11NO7P2.2HO3P/c4-2-1-3(5,12(6,7)8)13(9,10)11;2*1-4(2)3/h5H,1-2,4H2,(H2,6,7,8)(H2,9,10,11);2*(H-,1,2,3)/p+2. The van der Waals surface area contributed by atoms with E-state index >= 15 is 0 Å². The van der Waals surface area contributed by atoms with E-state index in [0.29, 0.717) is 0 Å². The van der Waals surface area contributed by atoms with E-state index in [9.17, 15) is 9.13 Å². The third kappa shape index (κ3) is 13.6. The molecule has 0 aromatic carbocycles. The molecule has 0 saturated heterocycles. The second-order valence-corrected chi connectivity index (χ2v) is 7.93. The molecule has 0 aliphatic carbocycles. The summed E-state index contributed by atoms with van der Waals surface area (Å²) in [6, 6.07) is 0. The first-order chi connectivity index (χ1) is 9.02. The average Bonchev–Trinajstić information content (AvgIpc) is 2.12. The van der Waals surface area contributed by atoms with E-state index in [1.165, 1.54) is 0 Å². The van der Waals surface area contributed by atoms with E-state index in [1.807, 2.05) is 0 Å². The molecule has 0 atom stereocenters. The fourth-order valence-electron chi connectivity index (χ4n) is 0.655. The van der Waals surface area contributed by atoms with Gasteiger partial charge in [0.05, 0.1) is 0 Å². The summed E-state index contributed by atoms with van der Waals surface area (Å²) in [5, 5.41) is 5.71. The van der Waals surface area contributed by atoms with Gasteiger partial charge >= 0.3 is 31.7 Å². The first-order valence-electron chi connectivity index (χ1n) is 4.26. The molecular formula is C3H15NO13P4+2. The highest BCUT2D eigenvalue weighted by Gasteiger charge is 2.58. The predicted molar refractivity (Wildman–Crippen MR) is 66.8 cm³/mol. The van der Waals surface area contributed by atoms with Crippen molar-refractivity contribution in [2.45, 2.75) is 11.5 Å². The average molecular weight is 397 g/mol. The largest absolute Gasteiger partial charge is 0.692 e. The van der Waals surface area contributed by atoms with E-state index < -0.39 is 49.8 Å². The molecule has 0 aromatic rings. The summed E-state index contributed by atoms with van der Waals surface area (Å²) in [5.41, 5.74) is 4.86. The van der Waals surface area contributed by atoms with E-state index in [1.54, 1.807) is 0 Å². The highest BCUT2D eigenvalue weighted by Crippen LogP contribution is 2.68. The Morgan fingerprint density at radius 2 is 1.05 bits per heavy atom. The van der Waals surface area contributed by atoms with Gasteiger partial charge in [-0.15, -0.1) is 19.6 Å². The minimum Gasteiger partial charge on any atom is -0.367 e. The molecule has 0 radical (unpaired) electrons. The molecule has 0 aliphatic rings. The Balaban J connectivity index is -0.000000334. The van der Waals surface area contributed by atoms with E-state index in [2.05, 4.69) is 0 Å². The van der Waals surface area contributed by atoms with Crippen molar-refractivity contribution in [2.75, 3.05) is 6.54 Å². The normalized spacial score (nSPS) is 11.5. The van der Waals surface area contributed by atoms with Crippen molar-refractivity contribution in [1.29, 1.82) is 0 Å². The molecule has 11 N–H and O–H groups in total. The van der Waals surface area contributed by atoms with Crippen LogP contribution in [0.15, 0.2) is 0 Å². The van der Waals surface area contributed by atoms with Gasteiger partial charge in [0.25, 0.3) is 5.08 Å². The quantitative estimate of drug-likeness (QED) is 0.221. The van der Waals surface area contributed by atoms with Gasteiger partial charge in [-0.1, -0.05) is 0 Å².